The van der Waals surface area contributed by atoms with Gasteiger partial charge in [0.2, 0.25) is 5.91 Å². The maximum atomic E-state index is 13.1. The molecule has 0 unspecified atom stereocenters. The minimum atomic E-state index is -1.61. The van der Waals surface area contributed by atoms with Crippen LogP contribution in [0.5, 0.6) is 0 Å². The van der Waals surface area contributed by atoms with Gasteiger partial charge in [0.15, 0.2) is 0 Å². The minimum absolute atomic E-state index is 0.0652. The minimum Gasteiger partial charge on any atom is -0.481 e. The average Bonchev–Trinajstić information content (AvgIpc) is 2.93. The van der Waals surface area contributed by atoms with Crippen LogP contribution < -0.4 is 5.32 Å². The fraction of sp³-hybridized carbons (Fsp3) is 0.300. The van der Waals surface area contributed by atoms with E-state index in [0.29, 0.717) is 21.2 Å². The predicted octanol–water partition coefficient (Wildman–Crippen LogP) is 4.24. The van der Waals surface area contributed by atoms with Crippen molar-refractivity contribution in [1.82, 2.24) is 5.32 Å². The van der Waals surface area contributed by atoms with Crippen LogP contribution in [0, 0.1) is 23.7 Å². The first-order chi connectivity index (χ1) is 20.0. The number of fused-ring (bicyclic) bond motifs is 1. The van der Waals surface area contributed by atoms with Crippen LogP contribution in [0.2, 0.25) is 10.0 Å². The number of ether oxygens (including phenoxy) is 2. The third-order valence-electron chi connectivity index (χ3n) is 7.37. The number of esters is 2. The van der Waals surface area contributed by atoms with Crippen LogP contribution in [0.1, 0.15) is 22.3 Å². The van der Waals surface area contributed by atoms with E-state index in [4.69, 9.17) is 27.9 Å². The van der Waals surface area contributed by atoms with Gasteiger partial charge in [-0.1, -0.05) is 59.6 Å². The molecule has 1 aliphatic rings. The molecule has 1 saturated carbocycles. The lowest BCUT2D eigenvalue weighted by atomic mass is 9.56. The van der Waals surface area contributed by atoms with Gasteiger partial charge < -0.3 is 25.0 Å². The van der Waals surface area contributed by atoms with Gasteiger partial charge in [0, 0.05) is 19.4 Å². The second-order valence-electron chi connectivity index (χ2n) is 9.92. The normalized spacial score (nSPS) is 20.2. The van der Waals surface area contributed by atoms with E-state index in [1.807, 2.05) is 24.3 Å². The molecule has 0 saturated heterocycles. The van der Waals surface area contributed by atoms with E-state index < -0.39 is 59.6 Å². The zero-order valence-corrected chi connectivity index (χ0v) is 23.8. The Bertz CT molecular complexity index is 1540. The van der Waals surface area contributed by atoms with E-state index in [2.05, 4.69) is 10.1 Å². The largest absolute Gasteiger partial charge is 0.481 e. The summed E-state index contributed by atoms with van der Waals surface area (Å²) in [5.41, 5.74) is 1.04. The van der Waals surface area contributed by atoms with Crippen molar-refractivity contribution in [1.29, 1.82) is 0 Å². The number of carbonyl (C=O) groups excluding carboxylic acids is 3. The molecule has 0 bridgehead atoms. The molecule has 42 heavy (non-hydrogen) atoms. The lowest BCUT2D eigenvalue weighted by molar-refractivity contribution is -0.188. The van der Waals surface area contributed by atoms with Crippen molar-refractivity contribution in [2.24, 2.45) is 23.7 Å². The third kappa shape index (κ3) is 6.66. The molecular formula is C30H27Cl2NO9. The summed E-state index contributed by atoms with van der Waals surface area (Å²) in [5.74, 6) is -11.5. The molecule has 0 radical (unpaired) electrons. The Morgan fingerprint density at radius 2 is 1.50 bits per heavy atom. The summed E-state index contributed by atoms with van der Waals surface area (Å²) in [5, 5.41) is 24.1. The maximum Gasteiger partial charge on any atom is 0.338 e. The number of carboxylic acids is 2. The second kappa shape index (κ2) is 13.2. The maximum absolute atomic E-state index is 13.1. The third-order valence-corrected chi connectivity index (χ3v) is 8.10. The number of aliphatic carboxylic acids is 2. The van der Waals surface area contributed by atoms with Crippen LogP contribution in [-0.2, 0) is 35.1 Å². The van der Waals surface area contributed by atoms with Gasteiger partial charge in [-0.25, -0.2) is 4.79 Å². The van der Waals surface area contributed by atoms with Crippen molar-refractivity contribution in [2.45, 2.75) is 18.9 Å². The smallest absolute Gasteiger partial charge is 0.338 e. The number of hydrogen-bond acceptors (Lipinski definition) is 7. The number of benzene rings is 3. The number of amides is 1. The van der Waals surface area contributed by atoms with E-state index >= 15 is 0 Å². The molecule has 10 nitrogen and oxygen atoms in total. The molecular weight excluding hydrogens is 589 g/mol. The summed E-state index contributed by atoms with van der Waals surface area (Å²) in [6, 6.07) is 17.7. The number of halogens is 2. The molecule has 1 amide bonds. The van der Waals surface area contributed by atoms with E-state index in [0.717, 1.165) is 17.9 Å². The molecule has 0 aromatic heterocycles. The Labute approximate surface area is 250 Å². The van der Waals surface area contributed by atoms with Crippen LogP contribution in [0.15, 0.2) is 60.7 Å². The van der Waals surface area contributed by atoms with Gasteiger partial charge in [0.1, 0.15) is 6.10 Å². The summed E-state index contributed by atoms with van der Waals surface area (Å²) in [6.07, 6.45) is -0.415. The number of carbonyl (C=O) groups is 5. The Morgan fingerprint density at radius 3 is 2.14 bits per heavy atom. The standard InChI is InChI=1S/C30H27Cl2NO9/c1-41-30(40)25-22(23(27(35)36)24(25)28(37)38)26(34)33-11-10-19(12-15-6-9-20(31)21(32)13-15)42-29(39)18-8-7-16-4-2-3-5-17(16)14-18/h2-9,13-14,19,22-25H,10-12H2,1H3,(H,33,34)(H,35,36)(H,37,38)/t19-,22-,23+,24-,25+/m0/s1. The lowest BCUT2D eigenvalue weighted by Gasteiger charge is -2.44. The second-order valence-corrected chi connectivity index (χ2v) is 10.7. The number of hydrogen-bond donors (Lipinski definition) is 3. The molecule has 3 aromatic rings. The lowest BCUT2D eigenvalue weighted by Crippen LogP contribution is -2.62. The Kier molecular flexibility index (Phi) is 9.70. The molecule has 220 valence electrons. The highest BCUT2D eigenvalue weighted by Crippen LogP contribution is 2.47. The Hall–Kier alpha value is -4.15. The first-order valence-corrected chi connectivity index (χ1v) is 13.7. The van der Waals surface area contributed by atoms with Crippen molar-refractivity contribution in [3.8, 4) is 0 Å². The van der Waals surface area contributed by atoms with Crippen molar-refractivity contribution < 1.29 is 43.7 Å². The van der Waals surface area contributed by atoms with E-state index in [1.54, 1.807) is 36.4 Å². The zero-order valence-electron chi connectivity index (χ0n) is 22.3. The summed E-state index contributed by atoms with van der Waals surface area (Å²) < 4.78 is 10.4. The van der Waals surface area contributed by atoms with Crippen LogP contribution >= 0.6 is 23.2 Å². The van der Waals surface area contributed by atoms with Gasteiger partial charge in [-0.2, -0.15) is 0 Å². The van der Waals surface area contributed by atoms with Crippen molar-refractivity contribution in [3.63, 3.8) is 0 Å². The number of carboxylic acid groups (broad SMARTS) is 2. The fourth-order valence-electron chi connectivity index (χ4n) is 5.26. The highest BCUT2D eigenvalue weighted by Gasteiger charge is 2.64. The van der Waals surface area contributed by atoms with Crippen LogP contribution in [0.3, 0.4) is 0 Å². The highest BCUT2D eigenvalue weighted by atomic mass is 35.5. The topological polar surface area (TPSA) is 156 Å². The van der Waals surface area contributed by atoms with Gasteiger partial charge in [0.05, 0.1) is 46.4 Å². The number of nitrogens with one attached hydrogen (secondary N) is 1. The Balaban J connectivity index is 1.49. The number of rotatable bonds is 11. The molecule has 4 rings (SSSR count). The zero-order chi connectivity index (χ0) is 30.6. The highest BCUT2D eigenvalue weighted by molar-refractivity contribution is 6.42. The molecule has 1 aliphatic carbocycles. The summed E-state index contributed by atoms with van der Waals surface area (Å²) in [7, 11) is 1.03. The van der Waals surface area contributed by atoms with Crippen LogP contribution in [0.25, 0.3) is 10.8 Å². The fourth-order valence-corrected chi connectivity index (χ4v) is 5.58. The Morgan fingerprint density at radius 1 is 0.833 bits per heavy atom. The van der Waals surface area contributed by atoms with E-state index in [1.165, 1.54) is 0 Å². The molecule has 0 aliphatic heterocycles. The summed E-state index contributed by atoms with van der Waals surface area (Å²) in [4.78, 5) is 61.8. The number of methoxy groups -OCH3 is 1. The summed E-state index contributed by atoms with van der Waals surface area (Å²) in [6.45, 7) is -0.0652. The van der Waals surface area contributed by atoms with Gasteiger partial charge in [-0.05, 0) is 40.6 Å². The first-order valence-electron chi connectivity index (χ1n) is 13.0. The summed E-state index contributed by atoms with van der Waals surface area (Å²) >= 11 is 12.2. The average molecular weight is 616 g/mol. The monoisotopic (exact) mass is 615 g/mol. The van der Waals surface area contributed by atoms with E-state index in [9.17, 15) is 34.2 Å². The molecule has 3 N–H and O–H groups in total. The molecule has 3 aromatic carbocycles. The molecule has 5 atom stereocenters. The van der Waals surface area contributed by atoms with Gasteiger partial charge >= 0.3 is 23.9 Å². The van der Waals surface area contributed by atoms with Crippen LogP contribution in [0.4, 0.5) is 0 Å². The van der Waals surface area contributed by atoms with Crippen molar-refractivity contribution in [2.75, 3.05) is 13.7 Å². The molecule has 1 fully saturated rings. The van der Waals surface area contributed by atoms with Crippen molar-refractivity contribution in [3.05, 3.63) is 81.8 Å². The predicted molar refractivity (Wildman–Crippen MR) is 152 cm³/mol. The molecule has 0 spiro atoms. The first kappa shape index (κ1) is 30.8. The molecule has 12 heteroatoms. The molecule has 0 heterocycles. The van der Waals surface area contributed by atoms with Gasteiger partial charge in [-0.3, -0.25) is 19.2 Å². The van der Waals surface area contributed by atoms with Crippen LogP contribution in [-0.4, -0.2) is 59.8 Å². The van der Waals surface area contributed by atoms with Crippen molar-refractivity contribution >= 4 is 63.8 Å². The SMILES string of the molecule is COC(=O)[C@H]1[C@@H](C(=O)O)[C@H](C(=O)O)[C@@H]1C(=O)NCC[C@@H](Cc1ccc(Cl)c(Cl)c1)OC(=O)c1ccc2ccccc2c1. The quantitative estimate of drug-likeness (QED) is 0.268. The van der Waals surface area contributed by atoms with Gasteiger partial charge in [0.25, 0.3) is 0 Å². The van der Waals surface area contributed by atoms with E-state index in [-0.39, 0.29) is 19.4 Å². The van der Waals surface area contributed by atoms with Gasteiger partial charge in [-0.15, -0.1) is 0 Å².